The second-order valence-electron chi connectivity index (χ2n) is 4.97. The molecular formula is C19H16O4S. The first kappa shape index (κ1) is 16.1. The molecule has 0 N–H and O–H groups in total. The van der Waals surface area contributed by atoms with Crippen LogP contribution >= 0.6 is 11.3 Å². The summed E-state index contributed by atoms with van der Waals surface area (Å²) >= 11 is 1.47. The van der Waals surface area contributed by atoms with Gasteiger partial charge in [0.05, 0.1) is 14.2 Å². The minimum atomic E-state index is -0.419. The third-order valence-corrected chi connectivity index (χ3v) is 4.31. The standard InChI is InChI=1S/C19H16O4S/c1-21-15-9-7-13(8-10-15)14-11-18(24-12-14)23-17-6-4-3-5-16(17)19(20)22-2/h3-12H,1-2H3. The zero-order valence-electron chi connectivity index (χ0n) is 13.3. The van der Waals surface area contributed by atoms with Gasteiger partial charge in [0.2, 0.25) is 0 Å². The normalized spacial score (nSPS) is 10.2. The van der Waals surface area contributed by atoms with E-state index < -0.39 is 5.97 Å². The summed E-state index contributed by atoms with van der Waals surface area (Å²) in [6, 6.07) is 16.8. The van der Waals surface area contributed by atoms with Crippen molar-refractivity contribution in [3.8, 4) is 27.7 Å². The fourth-order valence-electron chi connectivity index (χ4n) is 2.25. The van der Waals surface area contributed by atoms with Crippen molar-refractivity contribution in [3.63, 3.8) is 0 Å². The van der Waals surface area contributed by atoms with Crippen LogP contribution in [0.4, 0.5) is 0 Å². The van der Waals surface area contributed by atoms with Crippen LogP contribution in [0.5, 0.6) is 16.6 Å². The van der Waals surface area contributed by atoms with Crippen molar-refractivity contribution in [2.24, 2.45) is 0 Å². The largest absolute Gasteiger partial charge is 0.497 e. The van der Waals surface area contributed by atoms with E-state index in [9.17, 15) is 4.79 Å². The van der Waals surface area contributed by atoms with Crippen LogP contribution in [0, 0.1) is 0 Å². The van der Waals surface area contributed by atoms with Crippen LogP contribution in [0.2, 0.25) is 0 Å². The molecule has 0 saturated carbocycles. The van der Waals surface area contributed by atoms with E-state index in [-0.39, 0.29) is 0 Å². The molecule has 24 heavy (non-hydrogen) atoms. The summed E-state index contributed by atoms with van der Waals surface area (Å²) in [6.07, 6.45) is 0. The molecule has 0 amide bonds. The summed E-state index contributed by atoms with van der Waals surface area (Å²) in [4.78, 5) is 11.8. The van der Waals surface area contributed by atoms with Gasteiger partial charge in [-0.3, -0.25) is 0 Å². The maximum atomic E-state index is 11.8. The molecule has 5 heteroatoms. The molecule has 0 aliphatic heterocycles. The number of carbonyl (C=O) groups excluding carboxylic acids is 1. The van der Waals surface area contributed by atoms with E-state index in [2.05, 4.69) is 0 Å². The van der Waals surface area contributed by atoms with E-state index in [4.69, 9.17) is 14.2 Å². The van der Waals surface area contributed by atoms with Crippen LogP contribution in [0.3, 0.4) is 0 Å². The zero-order valence-corrected chi connectivity index (χ0v) is 14.1. The highest BCUT2D eigenvalue weighted by Crippen LogP contribution is 2.35. The number of carbonyl (C=O) groups is 1. The van der Waals surface area contributed by atoms with Crippen LogP contribution in [0.1, 0.15) is 10.4 Å². The molecule has 4 nitrogen and oxygen atoms in total. The molecule has 2 aromatic carbocycles. The Labute approximate surface area is 144 Å². The Morgan fingerprint density at radius 2 is 1.71 bits per heavy atom. The number of rotatable bonds is 5. The predicted octanol–water partition coefficient (Wildman–Crippen LogP) is 5.00. The van der Waals surface area contributed by atoms with Crippen molar-refractivity contribution in [2.75, 3.05) is 14.2 Å². The molecule has 1 aromatic heterocycles. The third-order valence-electron chi connectivity index (χ3n) is 3.50. The first-order chi connectivity index (χ1) is 11.7. The number of hydrogen-bond donors (Lipinski definition) is 0. The number of hydrogen-bond acceptors (Lipinski definition) is 5. The maximum absolute atomic E-state index is 11.8. The second kappa shape index (κ2) is 7.19. The van der Waals surface area contributed by atoms with E-state index in [0.717, 1.165) is 16.9 Å². The quantitative estimate of drug-likeness (QED) is 0.613. The van der Waals surface area contributed by atoms with Gasteiger partial charge in [0.25, 0.3) is 0 Å². The number of esters is 1. The lowest BCUT2D eigenvalue weighted by Crippen LogP contribution is -2.02. The average molecular weight is 340 g/mol. The third kappa shape index (κ3) is 3.41. The summed E-state index contributed by atoms with van der Waals surface area (Å²) in [5.41, 5.74) is 2.52. The molecule has 122 valence electrons. The summed E-state index contributed by atoms with van der Waals surface area (Å²) in [7, 11) is 3.00. The van der Waals surface area contributed by atoms with Gasteiger partial charge in [-0.25, -0.2) is 4.79 Å². The van der Waals surface area contributed by atoms with Gasteiger partial charge < -0.3 is 14.2 Å². The Bertz CT molecular complexity index is 837. The molecule has 0 spiro atoms. The van der Waals surface area contributed by atoms with Crippen molar-refractivity contribution in [2.45, 2.75) is 0 Å². The molecule has 0 saturated heterocycles. The van der Waals surface area contributed by atoms with E-state index in [1.807, 2.05) is 41.8 Å². The van der Waals surface area contributed by atoms with Gasteiger partial charge in [0, 0.05) is 11.4 Å². The van der Waals surface area contributed by atoms with Crippen LogP contribution in [0.15, 0.2) is 60.0 Å². The monoisotopic (exact) mass is 340 g/mol. The topological polar surface area (TPSA) is 44.8 Å². The lowest BCUT2D eigenvalue weighted by Gasteiger charge is -2.07. The van der Waals surface area contributed by atoms with E-state index in [0.29, 0.717) is 16.4 Å². The Balaban J connectivity index is 1.83. The second-order valence-corrected chi connectivity index (χ2v) is 5.85. The van der Waals surface area contributed by atoms with Crippen molar-refractivity contribution < 1.29 is 19.0 Å². The lowest BCUT2D eigenvalue weighted by molar-refractivity contribution is 0.0598. The SMILES string of the molecule is COC(=O)c1ccccc1Oc1cc(-c2ccc(OC)cc2)cs1. The van der Waals surface area contributed by atoms with Gasteiger partial charge in [-0.15, -0.1) is 11.3 Å². The number of methoxy groups -OCH3 is 2. The van der Waals surface area contributed by atoms with Crippen molar-refractivity contribution in [3.05, 3.63) is 65.5 Å². The summed E-state index contributed by atoms with van der Waals surface area (Å²) < 4.78 is 15.8. The summed E-state index contributed by atoms with van der Waals surface area (Å²) in [5, 5.41) is 2.72. The molecule has 0 radical (unpaired) electrons. The van der Waals surface area contributed by atoms with Crippen LogP contribution in [-0.2, 0) is 4.74 Å². The Morgan fingerprint density at radius 3 is 2.42 bits per heavy atom. The van der Waals surface area contributed by atoms with Crippen LogP contribution < -0.4 is 9.47 Å². The molecule has 0 bridgehead atoms. The zero-order chi connectivity index (χ0) is 16.9. The van der Waals surface area contributed by atoms with Gasteiger partial charge in [0.1, 0.15) is 17.1 Å². The number of thiophene rings is 1. The number of para-hydroxylation sites is 1. The number of benzene rings is 2. The number of ether oxygens (including phenoxy) is 3. The van der Waals surface area contributed by atoms with E-state index in [1.165, 1.54) is 18.4 Å². The van der Waals surface area contributed by atoms with E-state index >= 15 is 0 Å². The molecule has 0 aliphatic rings. The highest BCUT2D eigenvalue weighted by molar-refractivity contribution is 7.12. The fourth-order valence-corrected chi connectivity index (χ4v) is 3.03. The first-order valence-corrected chi connectivity index (χ1v) is 8.17. The van der Waals surface area contributed by atoms with E-state index in [1.54, 1.807) is 25.3 Å². The van der Waals surface area contributed by atoms with Crippen LogP contribution in [0.25, 0.3) is 11.1 Å². The van der Waals surface area contributed by atoms with Gasteiger partial charge >= 0.3 is 5.97 Å². The Hall–Kier alpha value is -2.79. The summed E-state index contributed by atoms with van der Waals surface area (Å²) in [6.45, 7) is 0. The molecule has 0 unspecified atom stereocenters. The molecule has 0 aliphatic carbocycles. The molecule has 3 aromatic rings. The Morgan fingerprint density at radius 1 is 0.958 bits per heavy atom. The van der Waals surface area contributed by atoms with Gasteiger partial charge in [-0.1, -0.05) is 24.3 Å². The smallest absolute Gasteiger partial charge is 0.341 e. The lowest BCUT2D eigenvalue weighted by atomic mass is 10.1. The minimum absolute atomic E-state index is 0.402. The fraction of sp³-hybridized carbons (Fsp3) is 0.105. The summed E-state index contributed by atoms with van der Waals surface area (Å²) in [5.74, 6) is 0.877. The van der Waals surface area contributed by atoms with Gasteiger partial charge in [-0.05, 0) is 35.4 Å². The van der Waals surface area contributed by atoms with Crippen molar-refractivity contribution >= 4 is 17.3 Å². The molecular weight excluding hydrogens is 324 g/mol. The van der Waals surface area contributed by atoms with Gasteiger partial charge in [-0.2, -0.15) is 0 Å². The minimum Gasteiger partial charge on any atom is -0.497 e. The Kier molecular flexibility index (Phi) is 4.82. The molecule has 0 atom stereocenters. The van der Waals surface area contributed by atoms with Gasteiger partial charge in [0.15, 0.2) is 5.06 Å². The molecule has 3 rings (SSSR count). The average Bonchev–Trinajstić information content (AvgIpc) is 3.10. The predicted molar refractivity (Wildman–Crippen MR) is 94.2 cm³/mol. The van der Waals surface area contributed by atoms with Crippen molar-refractivity contribution in [1.82, 2.24) is 0 Å². The highest BCUT2D eigenvalue weighted by atomic mass is 32.1. The van der Waals surface area contributed by atoms with Crippen molar-refractivity contribution in [1.29, 1.82) is 0 Å². The maximum Gasteiger partial charge on any atom is 0.341 e. The van der Waals surface area contributed by atoms with Crippen LogP contribution in [-0.4, -0.2) is 20.2 Å². The highest BCUT2D eigenvalue weighted by Gasteiger charge is 2.14. The molecule has 0 fully saturated rings. The molecule has 1 heterocycles. The first-order valence-electron chi connectivity index (χ1n) is 7.29.